The van der Waals surface area contributed by atoms with Crippen LogP contribution in [0.1, 0.15) is 30.6 Å². The number of alkyl halides is 4. The molecule has 0 saturated carbocycles. The zero-order valence-corrected chi connectivity index (χ0v) is 10.5. The van der Waals surface area contributed by atoms with Crippen molar-refractivity contribution < 1.29 is 27.1 Å². The molecule has 0 aromatic heterocycles. The maximum absolute atomic E-state index is 12.6. The number of rotatable bonds is 6. The van der Waals surface area contributed by atoms with Gasteiger partial charge in [-0.1, -0.05) is 13.8 Å². The second-order valence-corrected chi connectivity index (χ2v) is 4.16. The van der Waals surface area contributed by atoms with Crippen LogP contribution < -0.4 is 4.74 Å². The molecular weight excluding hydrogens is 264 g/mol. The van der Waals surface area contributed by atoms with Gasteiger partial charge in [-0.3, -0.25) is 4.79 Å². The van der Waals surface area contributed by atoms with E-state index in [2.05, 4.69) is 4.74 Å². The second-order valence-electron chi connectivity index (χ2n) is 4.16. The van der Waals surface area contributed by atoms with Gasteiger partial charge in [-0.15, -0.1) is 0 Å². The van der Waals surface area contributed by atoms with E-state index in [1.54, 1.807) is 6.92 Å². The van der Waals surface area contributed by atoms with E-state index in [9.17, 15) is 22.4 Å². The molecule has 6 heteroatoms. The minimum atomic E-state index is -4.54. The first kappa shape index (κ1) is 15.5. The number of hydrogen-bond donors (Lipinski definition) is 0. The first-order valence-electron chi connectivity index (χ1n) is 5.77. The third-order valence-electron chi connectivity index (χ3n) is 2.71. The van der Waals surface area contributed by atoms with Crippen molar-refractivity contribution in [3.05, 3.63) is 29.8 Å². The molecule has 0 bridgehead atoms. The van der Waals surface area contributed by atoms with Crippen molar-refractivity contribution in [3.63, 3.8) is 0 Å². The van der Waals surface area contributed by atoms with Crippen LogP contribution >= 0.6 is 0 Å². The summed E-state index contributed by atoms with van der Waals surface area (Å²) in [6.45, 7) is 3.60. The van der Waals surface area contributed by atoms with E-state index in [1.807, 2.05) is 6.92 Å². The van der Waals surface area contributed by atoms with Gasteiger partial charge in [0.1, 0.15) is 5.75 Å². The van der Waals surface area contributed by atoms with E-state index < -0.39 is 18.3 Å². The third kappa shape index (κ3) is 3.94. The van der Waals surface area contributed by atoms with Crippen LogP contribution in [0.25, 0.3) is 0 Å². The van der Waals surface area contributed by atoms with Gasteiger partial charge in [0.05, 0.1) is 0 Å². The maximum Gasteiger partial charge on any atom is 0.461 e. The number of halogens is 4. The summed E-state index contributed by atoms with van der Waals surface area (Å²) >= 11 is 0. The van der Waals surface area contributed by atoms with Crippen molar-refractivity contribution in [2.75, 3.05) is 0 Å². The lowest BCUT2D eigenvalue weighted by Crippen LogP contribution is -2.33. The summed E-state index contributed by atoms with van der Waals surface area (Å²) in [6.07, 6.45) is -7.79. The van der Waals surface area contributed by atoms with Gasteiger partial charge in [-0.2, -0.15) is 17.6 Å². The highest BCUT2D eigenvalue weighted by molar-refractivity contribution is 5.97. The summed E-state index contributed by atoms with van der Waals surface area (Å²) in [5, 5.41) is 0. The highest BCUT2D eigenvalue weighted by Crippen LogP contribution is 2.27. The first-order chi connectivity index (χ1) is 8.77. The Labute approximate surface area is 108 Å². The van der Waals surface area contributed by atoms with E-state index in [1.165, 1.54) is 12.1 Å². The summed E-state index contributed by atoms with van der Waals surface area (Å²) in [7, 11) is 0. The van der Waals surface area contributed by atoms with Crippen LogP contribution in [0.5, 0.6) is 5.75 Å². The molecule has 1 rings (SSSR count). The SMILES string of the molecule is CCC(C)C(=O)c1ccc(OC(F)(F)C(F)F)cc1. The molecular formula is C13H14F4O2. The van der Waals surface area contributed by atoms with Gasteiger partial charge in [-0.25, -0.2) is 0 Å². The molecule has 1 atom stereocenters. The Morgan fingerprint density at radius 3 is 2.21 bits per heavy atom. The third-order valence-corrected chi connectivity index (χ3v) is 2.71. The average Bonchev–Trinajstić information content (AvgIpc) is 2.37. The van der Waals surface area contributed by atoms with E-state index >= 15 is 0 Å². The highest BCUT2D eigenvalue weighted by atomic mass is 19.3. The molecule has 0 aliphatic heterocycles. The fourth-order valence-corrected chi connectivity index (χ4v) is 1.36. The predicted octanol–water partition coefficient (Wildman–Crippen LogP) is 4.15. The lowest BCUT2D eigenvalue weighted by Gasteiger charge is -2.17. The molecule has 1 aromatic rings. The Kier molecular flexibility index (Phi) is 4.91. The largest absolute Gasteiger partial charge is 0.461 e. The average molecular weight is 278 g/mol. The molecule has 1 aromatic carbocycles. The van der Waals surface area contributed by atoms with Crippen LogP contribution in [-0.4, -0.2) is 18.3 Å². The lowest BCUT2D eigenvalue weighted by molar-refractivity contribution is -0.253. The maximum atomic E-state index is 12.6. The Morgan fingerprint density at radius 2 is 1.79 bits per heavy atom. The van der Waals surface area contributed by atoms with Gasteiger partial charge in [0.2, 0.25) is 0 Å². The fraction of sp³-hybridized carbons (Fsp3) is 0.462. The molecule has 0 amide bonds. The molecule has 0 aliphatic rings. The second kappa shape index (κ2) is 6.04. The monoisotopic (exact) mass is 278 g/mol. The van der Waals surface area contributed by atoms with Crippen molar-refractivity contribution in [2.45, 2.75) is 32.8 Å². The zero-order valence-electron chi connectivity index (χ0n) is 10.5. The van der Waals surface area contributed by atoms with Crippen LogP contribution in [-0.2, 0) is 0 Å². The first-order valence-corrected chi connectivity index (χ1v) is 5.77. The van der Waals surface area contributed by atoms with E-state index in [0.717, 1.165) is 12.1 Å². The molecule has 0 heterocycles. The molecule has 0 spiro atoms. The Hall–Kier alpha value is -1.59. The van der Waals surface area contributed by atoms with Crippen molar-refractivity contribution in [1.82, 2.24) is 0 Å². The Balaban J connectivity index is 2.80. The summed E-state index contributed by atoms with van der Waals surface area (Å²) in [6, 6.07) is 4.72. The predicted molar refractivity (Wildman–Crippen MR) is 61.8 cm³/mol. The molecule has 1 unspecified atom stereocenters. The van der Waals surface area contributed by atoms with Gasteiger partial charge >= 0.3 is 12.5 Å². The summed E-state index contributed by atoms with van der Waals surface area (Å²) in [5.74, 6) is -0.727. The zero-order chi connectivity index (χ0) is 14.6. The smallest absolute Gasteiger partial charge is 0.428 e. The number of hydrogen-bond acceptors (Lipinski definition) is 2. The Bertz CT molecular complexity index is 429. The minimum Gasteiger partial charge on any atom is -0.428 e. The van der Waals surface area contributed by atoms with E-state index in [4.69, 9.17) is 0 Å². The van der Waals surface area contributed by atoms with Crippen LogP contribution in [0.15, 0.2) is 24.3 Å². The van der Waals surface area contributed by atoms with Crippen LogP contribution in [0.2, 0.25) is 0 Å². The van der Waals surface area contributed by atoms with Gasteiger partial charge in [-0.05, 0) is 30.7 Å². The molecule has 0 radical (unpaired) electrons. The number of carbonyl (C=O) groups is 1. The number of benzene rings is 1. The van der Waals surface area contributed by atoms with Crippen LogP contribution in [0.4, 0.5) is 17.6 Å². The van der Waals surface area contributed by atoms with Crippen LogP contribution in [0, 0.1) is 5.92 Å². The van der Waals surface area contributed by atoms with Gasteiger partial charge in [0.15, 0.2) is 5.78 Å². The summed E-state index contributed by atoms with van der Waals surface area (Å²) in [4.78, 5) is 11.8. The standard InChI is InChI=1S/C13H14F4O2/c1-3-8(2)11(18)9-4-6-10(7-5-9)19-13(16,17)12(14)15/h4-8,12H,3H2,1-2H3. The van der Waals surface area contributed by atoms with E-state index in [-0.39, 0.29) is 11.7 Å². The van der Waals surface area contributed by atoms with Crippen LogP contribution in [0.3, 0.4) is 0 Å². The summed E-state index contributed by atoms with van der Waals surface area (Å²) < 4.78 is 53.0. The molecule has 19 heavy (non-hydrogen) atoms. The highest BCUT2D eigenvalue weighted by Gasteiger charge is 2.43. The van der Waals surface area contributed by atoms with E-state index in [0.29, 0.717) is 12.0 Å². The van der Waals surface area contributed by atoms with Crippen molar-refractivity contribution in [1.29, 1.82) is 0 Å². The number of Topliss-reactive ketones (excluding diaryl/α,β-unsaturated/α-hetero) is 1. The molecule has 106 valence electrons. The van der Waals surface area contributed by atoms with Crippen molar-refractivity contribution in [2.24, 2.45) is 5.92 Å². The minimum absolute atomic E-state index is 0.130. The lowest BCUT2D eigenvalue weighted by atomic mass is 9.97. The van der Waals surface area contributed by atoms with Gasteiger partial charge in [0.25, 0.3) is 0 Å². The number of ketones is 1. The topological polar surface area (TPSA) is 26.3 Å². The fourth-order valence-electron chi connectivity index (χ4n) is 1.36. The molecule has 0 N–H and O–H groups in total. The van der Waals surface area contributed by atoms with Crippen molar-refractivity contribution >= 4 is 5.78 Å². The summed E-state index contributed by atoms with van der Waals surface area (Å²) in [5.41, 5.74) is 0.335. The normalized spacial score (nSPS) is 13.4. The number of ether oxygens (including phenoxy) is 1. The molecule has 2 nitrogen and oxygen atoms in total. The van der Waals surface area contributed by atoms with Gasteiger partial charge in [0, 0.05) is 11.5 Å². The molecule has 0 fully saturated rings. The molecule has 0 aliphatic carbocycles. The molecule has 0 saturated heterocycles. The number of carbonyl (C=O) groups excluding carboxylic acids is 1. The Morgan fingerprint density at radius 1 is 1.26 bits per heavy atom. The van der Waals surface area contributed by atoms with Crippen molar-refractivity contribution in [3.8, 4) is 5.75 Å². The quantitative estimate of drug-likeness (QED) is 0.577. The van der Waals surface area contributed by atoms with Gasteiger partial charge < -0.3 is 4.74 Å².